The molecule has 2 fully saturated rings. The number of unbranched alkanes of at least 4 members (excludes halogenated alkanes) is 1. The van der Waals surface area contributed by atoms with E-state index in [9.17, 15) is 15.0 Å². The van der Waals surface area contributed by atoms with E-state index in [4.69, 9.17) is 14.6 Å². The molecule has 0 aromatic heterocycles. The smallest absolute Gasteiger partial charge is 0.303 e. The van der Waals surface area contributed by atoms with Crippen LogP contribution in [0.15, 0.2) is 42.5 Å². The van der Waals surface area contributed by atoms with Gasteiger partial charge < -0.3 is 24.8 Å². The molecule has 6 atom stereocenters. The van der Waals surface area contributed by atoms with Crippen molar-refractivity contribution in [2.75, 3.05) is 6.61 Å². The maximum atomic E-state index is 10.7. The van der Waals surface area contributed by atoms with Gasteiger partial charge in [0, 0.05) is 13.0 Å². The van der Waals surface area contributed by atoms with Crippen LogP contribution in [0.3, 0.4) is 0 Å². The molecule has 1 saturated heterocycles. The predicted molar refractivity (Wildman–Crippen MR) is 131 cm³/mol. The molecule has 3 rings (SSSR count). The van der Waals surface area contributed by atoms with Crippen molar-refractivity contribution in [3.8, 4) is 0 Å². The highest BCUT2D eigenvalue weighted by molar-refractivity contribution is 5.66. The van der Waals surface area contributed by atoms with Crippen molar-refractivity contribution in [1.82, 2.24) is 0 Å². The number of hydrogen-bond acceptors (Lipinski definition) is 5. The molecule has 3 N–H and O–H groups in total. The van der Waals surface area contributed by atoms with Gasteiger partial charge in [0.2, 0.25) is 0 Å². The van der Waals surface area contributed by atoms with Gasteiger partial charge in [0.05, 0.1) is 18.3 Å². The Labute approximate surface area is 204 Å². The zero-order chi connectivity index (χ0) is 24.2. The largest absolute Gasteiger partial charge is 0.481 e. The van der Waals surface area contributed by atoms with E-state index in [0.29, 0.717) is 19.3 Å². The van der Waals surface area contributed by atoms with Crippen LogP contribution < -0.4 is 0 Å². The van der Waals surface area contributed by atoms with E-state index >= 15 is 0 Å². The minimum Gasteiger partial charge on any atom is -0.481 e. The number of aliphatic carboxylic acids is 1. The van der Waals surface area contributed by atoms with Crippen molar-refractivity contribution in [3.63, 3.8) is 0 Å². The number of hydrogen-bond donors (Lipinski definition) is 3. The SMILES string of the molecule is O=C(O)CCC/C=C/C[C@@H]1[C@@H](CC[C@H](CCc2ccccc2)OC2CCCCO2)[C@H](O)C[C@@H]1O. The van der Waals surface area contributed by atoms with E-state index in [0.717, 1.165) is 58.0 Å². The van der Waals surface area contributed by atoms with Crippen LogP contribution in [0.1, 0.15) is 76.2 Å². The minimum atomic E-state index is -0.773. The van der Waals surface area contributed by atoms with Crippen molar-refractivity contribution >= 4 is 5.97 Å². The maximum Gasteiger partial charge on any atom is 0.303 e. The molecular weight excluding hydrogens is 432 g/mol. The normalized spacial score (nSPS) is 28.4. The highest BCUT2D eigenvalue weighted by Gasteiger charge is 2.40. The first-order chi connectivity index (χ1) is 16.5. The van der Waals surface area contributed by atoms with E-state index in [2.05, 4.69) is 24.3 Å². The van der Waals surface area contributed by atoms with E-state index in [1.807, 2.05) is 18.2 Å². The van der Waals surface area contributed by atoms with Gasteiger partial charge in [0.25, 0.3) is 0 Å². The standard InChI is InChI=1S/C28H42O6/c29-25-20-26(30)24(23(25)12-6-1-2-7-13-27(31)32)18-17-22(34-28-14-8-9-19-33-28)16-15-21-10-4-3-5-11-21/h1,3-6,10-11,22-26,28-30H,2,7-9,12-20H2,(H,31,32)/b6-1+/t22-,23+,24+,25-,26+,28?/m0/s1. The molecule has 190 valence electrons. The van der Waals surface area contributed by atoms with E-state index in [1.54, 1.807) is 0 Å². The summed E-state index contributed by atoms with van der Waals surface area (Å²) >= 11 is 0. The van der Waals surface area contributed by atoms with Gasteiger partial charge in [-0.3, -0.25) is 4.79 Å². The van der Waals surface area contributed by atoms with Crippen LogP contribution in [-0.4, -0.2) is 52.5 Å². The number of allylic oxidation sites excluding steroid dienone is 2. The Balaban J connectivity index is 1.53. The third kappa shape index (κ3) is 9.14. The Bertz CT molecular complexity index is 730. The molecular formula is C28H42O6. The van der Waals surface area contributed by atoms with Crippen LogP contribution in [0.4, 0.5) is 0 Å². The number of aliphatic hydroxyl groups excluding tert-OH is 2. The quantitative estimate of drug-likeness (QED) is 0.263. The van der Waals surface area contributed by atoms with E-state index in [1.165, 1.54) is 5.56 Å². The van der Waals surface area contributed by atoms with Crippen molar-refractivity contribution in [2.45, 2.75) is 102 Å². The zero-order valence-electron chi connectivity index (χ0n) is 20.3. The Kier molecular flexibility index (Phi) is 11.6. The molecule has 2 aliphatic rings. The van der Waals surface area contributed by atoms with Gasteiger partial charge in [-0.25, -0.2) is 0 Å². The first-order valence-electron chi connectivity index (χ1n) is 13.1. The topological polar surface area (TPSA) is 96.2 Å². The second-order valence-corrected chi connectivity index (χ2v) is 9.85. The number of aliphatic hydroxyl groups is 2. The molecule has 1 saturated carbocycles. The molecule has 34 heavy (non-hydrogen) atoms. The molecule has 0 spiro atoms. The molecule has 1 aliphatic heterocycles. The number of carboxylic acid groups (broad SMARTS) is 1. The van der Waals surface area contributed by atoms with Crippen molar-refractivity contribution < 1.29 is 29.6 Å². The average molecular weight is 475 g/mol. The van der Waals surface area contributed by atoms with Crippen LogP contribution >= 0.6 is 0 Å². The van der Waals surface area contributed by atoms with Crippen LogP contribution in [0, 0.1) is 11.8 Å². The number of rotatable bonds is 14. The Hall–Kier alpha value is -1.73. The molecule has 1 heterocycles. The lowest BCUT2D eigenvalue weighted by molar-refractivity contribution is -0.191. The van der Waals surface area contributed by atoms with Crippen LogP contribution in [-0.2, 0) is 20.7 Å². The number of aryl methyl sites for hydroxylation is 1. The summed E-state index contributed by atoms with van der Waals surface area (Å²) in [6.45, 7) is 0.754. The highest BCUT2D eigenvalue weighted by Crippen LogP contribution is 2.39. The third-order valence-corrected chi connectivity index (χ3v) is 7.26. The minimum absolute atomic E-state index is 0.0198. The van der Waals surface area contributed by atoms with Gasteiger partial charge in [-0.15, -0.1) is 0 Å². The fourth-order valence-corrected chi connectivity index (χ4v) is 5.31. The molecule has 1 aromatic rings. The van der Waals surface area contributed by atoms with Gasteiger partial charge in [-0.2, -0.15) is 0 Å². The molecule has 0 bridgehead atoms. The van der Waals surface area contributed by atoms with Gasteiger partial charge in [-0.05, 0) is 88.0 Å². The second-order valence-electron chi connectivity index (χ2n) is 9.85. The van der Waals surface area contributed by atoms with Crippen molar-refractivity contribution in [1.29, 1.82) is 0 Å². The molecule has 1 aromatic carbocycles. The summed E-state index contributed by atoms with van der Waals surface area (Å²) in [5.74, 6) is -0.717. The van der Waals surface area contributed by atoms with Gasteiger partial charge in [0.1, 0.15) is 0 Å². The van der Waals surface area contributed by atoms with Crippen LogP contribution in [0.5, 0.6) is 0 Å². The molecule has 0 radical (unpaired) electrons. The Morgan fingerprint density at radius 2 is 1.88 bits per heavy atom. The second kappa shape index (κ2) is 14.6. The molecule has 6 heteroatoms. The number of ether oxygens (including phenoxy) is 2. The first kappa shape index (κ1) is 26.9. The summed E-state index contributed by atoms with van der Waals surface area (Å²) in [5.41, 5.74) is 1.29. The molecule has 1 unspecified atom stereocenters. The lowest BCUT2D eigenvalue weighted by atomic mass is 9.85. The van der Waals surface area contributed by atoms with Gasteiger partial charge >= 0.3 is 5.97 Å². The van der Waals surface area contributed by atoms with Gasteiger partial charge in [0.15, 0.2) is 6.29 Å². The van der Waals surface area contributed by atoms with Crippen molar-refractivity contribution in [3.05, 3.63) is 48.0 Å². The maximum absolute atomic E-state index is 10.7. The predicted octanol–water partition coefficient (Wildman–Crippen LogP) is 4.87. The summed E-state index contributed by atoms with van der Waals surface area (Å²) in [4.78, 5) is 10.6. The summed E-state index contributed by atoms with van der Waals surface area (Å²) in [7, 11) is 0. The first-order valence-corrected chi connectivity index (χ1v) is 13.1. The van der Waals surface area contributed by atoms with Crippen LogP contribution in [0.2, 0.25) is 0 Å². The number of carboxylic acids is 1. The number of benzene rings is 1. The third-order valence-electron chi connectivity index (χ3n) is 7.26. The lowest BCUT2D eigenvalue weighted by Crippen LogP contribution is -2.30. The van der Waals surface area contributed by atoms with Crippen LogP contribution in [0.25, 0.3) is 0 Å². The van der Waals surface area contributed by atoms with Crippen molar-refractivity contribution in [2.24, 2.45) is 11.8 Å². The molecule has 1 aliphatic carbocycles. The average Bonchev–Trinajstić information content (AvgIpc) is 3.11. The fraction of sp³-hybridized carbons (Fsp3) is 0.679. The Morgan fingerprint density at radius 1 is 1.09 bits per heavy atom. The van der Waals surface area contributed by atoms with Gasteiger partial charge in [-0.1, -0.05) is 42.5 Å². The van der Waals surface area contributed by atoms with E-state index < -0.39 is 18.2 Å². The lowest BCUT2D eigenvalue weighted by Gasteiger charge is -2.30. The Morgan fingerprint density at radius 3 is 2.62 bits per heavy atom. The van der Waals surface area contributed by atoms with E-state index in [-0.39, 0.29) is 30.7 Å². The highest BCUT2D eigenvalue weighted by atomic mass is 16.7. The summed E-state index contributed by atoms with van der Waals surface area (Å²) in [6.07, 6.45) is 12.2. The summed E-state index contributed by atoms with van der Waals surface area (Å²) in [6, 6.07) is 10.4. The summed E-state index contributed by atoms with van der Waals surface area (Å²) < 4.78 is 12.2. The summed E-state index contributed by atoms with van der Waals surface area (Å²) in [5, 5.41) is 30.0. The molecule has 0 amide bonds. The number of carbonyl (C=O) groups is 1. The fourth-order valence-electron chi connectivity index (χ4n) is 5.31. The zero-order valence-corrected chi connectivity index (χ0v) is 20.3. The monoisotopic (exact) mass is 474 g/mol. The molecule has 6 nitrogen and oxygen atoms in total.